The number of hydrogen-bond acceptors (Lipinski definition) is 8. The molecular formula is C21H23FN6O4S. The van der Waals surface area contributed by atoms with E-state index in [0.29, 0.717) is 61.8 Å². The van der Waals surface area contributed by atoms with E-state index in [1.807, 2.05) is 11.0 Å². The lowest BCUT2D eigenvalue weighted by Crippen LogP contribution is -2.48. The van der Waals surface area contributed by atoms with Crippen LogP contribution in [0.1, 0.15) is 15.4 Å². The number of aromatic nitrogens is 3. The maximum absolute atomic E-state index is 14.7. The Hall–Kier alpha value is -3.09. The number of amides is 1. The van der Waals surface area contributed by atoms with E-state index in [9.17, 15) is 18.8 Å². The maximum atomic E-state index is 14.7. The number of fused-ring (bicyclic) bond motifs is 1. The van der Waals surface area contributed by atoms with Gasteiger partial charge in [0.25, 0.3) is 11.5 Å². The van der Waals surface area contributed by atoms with Crippen molar-refractivity contribution in [3.8, 4) is 0 Å². The van der Waals surface area contributed by atoms with Gasteiger partial charge in [-0.2, -0.15) is 4.39 Å². The Kier molecular flexibility index (Phi) is 5.72. The molecule has 0 bridgehead atoms. The number of piperazine rings is 1. The molecule has 5 heterocycles. The van der Waals surface area contributed by atoms with Gasteiger partial charge in [0.15, 0.2) is 0 Å². The number of aromatic amines is 1. The van der Waals surface area contributed by atoms with Gasteiger partial charge in [-0.25, -0.2) is 9.78 Å². The van der Waals surface area contributed by atoms with Gasteiger partial charge in [-0.05, 0) is 18.2 Å². The average molecular weight is 475 g/mol. The van der Waals surface area contributed by atoms with Crippen LogP contribution in [0.2, 0.25) is 0 Å². The Labute approximate surface area is 191 Å². The van der Waals surface area contributed by atoms with Gasteiger partial charge >= 0.3 is 5.69 Å². The molecule has 0 spiro atoms. The third kappa shape index (κ3) is 4.28. The Morgan fingerprint density at radius 2 is 2.03 bits per heavy atom. The summed E-state index contributed by atoms with van der Waals surface area (Å²) in [4.78, 5) is 48.0. The zero-order valence-electron chi connectivity index (χ0n) is 18.0. The molecule has 1 amide bonds. The number of thiophene rings is 1. The SMILES string of the molecule is Cn1c(=O)[nH]c2cc(CN3CCN(c4ccc(C(=O)NC5COC5)nc4F)CC3)sc2c1=O. The topological polar surface area (TPSA) is 113 Å². The Bertz CT molecular complexity index is 1320. The third-order valence-electron chi connectivity index (χ3n) is 5.96. The normalized spacial score (nSPS) is 17.3. The molecule has 0 saturated carbocycles. The van der Waals surface area contributed by atoms with Crippen LogP contribution in [0.15, 0.2) is 27.8 Å². The first-order chi connectivity index (χ1) is 15.9. The number of hydrogen-bond donors (Lipinski definition) is 2. The van der Waals surface area contributed by atoms with Crippen molar-refractivity contribution in [2.45, 2.75) is 12.6 Å². The van der Waals surface area contributed by atoms with E-state index in [0.717, 1.165) is 9.44 Å². The smallest absolute Gasteiger partial charge is 0.328 e. The van der Waals surface area contributed by atoms with E-state index in [4.69, 9.17) is 4.74 Å². The highest BCUT2D eigenvalue weighted by Crippen LogP contribution is 2.24. The van der Waals surface area contributed by atoms with Crippen LogP contribution < -0.4 is 21.5 Å². The van der Waals surface area contributed by atoms with Crippen molar-refractivity contribution in [1.29, 1.82) is 0 Å². The molecule has 0 unspecified atom stereocenters. The molecule has 174 valence electrons. The summed E-state index contributed by atoms with van der Waals surface area (Å²) in [5.41, 5.74) is 0.262. The first kappa shape index (κ1) is 21.7. The van der Waals surface area contributed by atoms with Crippen molar-refractivity contribution in [1.82, 2.24) is 24.8 Å². The molecule has 2 fully saturated rings. The van der Waals surface area contributed by atoms with Gasteiger partial charge in [-0.3, -0.25) is 19.1 Å². The highest BCUT2D eigenvalue weighted by Gasteiger charge is 2.24. The van der Waals surface area contributed by atoms with E-state index in [-0.39, 0.29) is 17.3 Å². The minimum absolute atomic E-state index is 0.0423. The number of nitrogens with one attached hydrogen (secondary N) is 2. The van der Waals surface area contributed by atoms with Gasteiger partial charge in [0.05, 0.1) is 30.5 Å². The van der Waals surface area contributed by atoms with Gasteiger partial charge in [0, 0.05) is 44.6 Å². The van der Waals surface area contributed by atoms with E-state index >= 15 is 0 Å². The second kappa shape index (κ2) is 8.69. The lowest BCUT2D eigenvalue weighted by Gasteiger charge is -2.35. The summed E-state index contributed by atoms with van der Waals surface area (Å²) in [5, 5.41) is 2.75. The fourth-order valence-electron chi connectivity index (χ4n) is 3.95. The molecule has 2 saturated heterocycles. The Morgan fingerprint density at radius 1 is 1.27 bits per heavy atom. The molecule has 0 atom stereocenters. The van der Waals surface area contributed by atoms with Crippen LogP contribution in [0.3, 0.4) is 0 Å². The van der Waals surface area contributed by atoms with Crippen molar-refractivity contribution >= 4 is 33.1 Å². The van der Waals surface area contributed by atoms with Crippen LogP contribution in [0, 0.1) is 5.95 Å². The number of pyridine rings is 1. The number of halogens is 1. The van der Waals surface area contributed by atoms with Crippen LogP contribution in [-0.4, -0.2) is 70.8 Å². The molecule has 2 N–H and O–H groups in total. The van der Waals surface area contributed by atoms with Crippen molar-refractivity contribution < 1.29 is 13.9 Å². The summed E-state index contributed by atoms with van der Waals surface area (Å²) < 4.78 is 21.3. The summed E-state index contributed by atoms with van der Waals surface area (Å²) >= 11 is 1.38. The third-order valence-corrected chi connectivity index (χ3v) is 7.06. The molecular weight excluding hydrogens is 451 g/mol. The highest BCUT2D eigenvalue weighted by atomic mass is 32.1. The number of carbonyl (C=O) groups is 1. The second-order valence-corrected chi connectivity index (χ2v) is 9.36. The minimum atomic E-state index is -0.662. The maximum Gasteiger partial charge on any atom is 0.328 e. The molecule has 5 rings (SSSR count). The molecule has 0 aromatic carbocycles. The summed E-state index contributed by atoms with van der Waals surface area (Å²) in [6.07, 6.45) is 0. The summed E-state index contributed by atoms with van der Waals surface area (Å²) in [6, 6.07) is 4.94. The number of ether oxygens (including phenoxy) is 1. The molecule has 3 aromatic rings. The monoisotopic (exact) mass is 474 g/mol. The van der Waals surface area contributed by atoms with Crippen molar-refractivity contribution in [3.05, 3.63) is 55.6 Å². The quantitative estimate of drug-likeness (QED) is 0.511. The Morgan fingerprint density at radius 3 is 2.70 bits per heavy atom. The number of nitrogens with zero attached hydrogens (tertiary/aromatic N) is 4. The zero-order valence-corrected chi connectivity index (χ0v) is 18.8. The predicted molar refractivity (Wildman–Crippen MR) is 121 cm³/mol. The van der Waals surface area contributed by atoms with Crippen LogP contribution in [0.4, 0.5) is 10.1 Å². The fraction of sp³-hybridized carbons (Fsp3) is 0.429. The lowest BCUT2D eigenvalue weighted by atomic mass is 10.2. The molecule has 33 heavy (non-hydrogen) atoms. The minimum Gasteiger partial charge on any atom is -0.377 e. The standard InChI is InChI=1S/C21H23FN6O4S/c1-26-20(30)17-15(25-21(26)31)8-13(33-17)9-27-4-6-28(7-5-27)16-3-2-14(24-18(16)22)19(29)23-12-10-32-11-12/h2-3,8,12H,4-7,9-11H2,1H3,(H,23,29)(H,25,31). The summed E-state index contributed by atoms with van der Waals surface area (Å²) in [6.45, 7) is 4.18. The van der Waals surface area contributed by atoms with Crippen LogP contribution in [0.25, 0.3) is 10.2 Å². The largest absolute Gasteiger partial charge is 0.377 e. The van der Waals surface area contributed by atoms with E-state index in [2.05, 4.69) is 20.2 Å². The fourth-order valence-corrected chi connectivity index (χ4v) is 5.08. The number of carbonyl (C=O) groups excluding carboxylic acids is 1. The number of anilines is 1. The zero-order chi connectivity index (χ0) is 23.1. The van der Waals surface area contributed by atoms with Crippen molar-refractivity contribution in [2.75, 3.05) is 44.3 Å². The lowest BCUT2D eigenvalue weighted by molar-refractivity contribution is -0.00356. The van der Waals surface area contributed by atoms with Gasteiger partial charge in [0.2, 0.25) is 5.95 Å². The molecule has 2 aliphatic heterocycles. The second-order valence-electron chi connectivity index (χ2n) is 8.23. The van der Waals surface area contributed by atoms with Gasteiger partial charge < -0.3 is 19.9 Å². The van der Waals surface area contributed by atoms with E-state index < -0.39 is 17.5 Å². The van der Waals surface area contributed by atoms with Gasteiger partial charge in [0.1, 0.15) is 10.4 Å². The summed E-state index contributed by atoms with van der Waals surface area (Å²) in [5.74, 6) is -1.07. The average Bonchev–Trinajstić information content (AvgIpc) is 3.17. The van der Waals surface area contributed by atoms with Crippen molar-refractivity contribution in [2.24, 2.45) is 7.05 Å². The van der Waals surface area contributed by atoms with Crippen LogP contribution in [-0.2, 0) is 18.3 Å². The van der Waals surface area contributed by atoms with E-state index in [1.165, 1.54) is 24.5 Å². The molecule has 0 aliphatic carbocycles. The molecule has 0 radical (unpaired) electrons. The van der Waals surface area contributed by atoms with Gasteiger partial charge in [-0.15, -0.1) is 11.3 Å². The van der Waals surface area contributed by atoms with Crippen molar-refractivity contribution in [3.63, 3.8) is 0 Å². The molecule has 10 nitrogen and oxygen atoms in total. The molecule has 12 heteroatoms. The van der Waals surface area contributed by atoms with E-state index in [1.54, 1.807) is 6.07 Å². The Balaban J connectivity index is 1.21. The van der Waals surface area contributed by atoms with Gasteiger partial charge in [-0.1, -0.05) is 0 Å². The molecule has 3 aromatic heterocycles. The number of rotatable bonds is 5. The van der Waals surface area contributed by atoms with Crippen LogP contribution >= 0.6 is 11.3 Å². The predicted octanol–water partition coefficient (Wildman–Crippen LogP) is 0.273. The summed E-state index contributed by atoms with van der Waals surface area (Å²) in [7, 11) is 1.45. The first-order valence-corrected chi connectivity index (χ1v) is 11.4. The van der Waals surface area contributed by atoms with Crippen LogP contribution in [0.5, 0.6) is 0 Å². The first-order valence-electron chi connectivity index (χ1n) is 10.6. The highest BCUT2D eigenvalue weighted by molar-refractivity contribution is 7.18. The number of H-pyrrole nitrogens is 1. The molecule has 2 aliphatic rings.